The number of amides is 1. The third-order valence-electron chi connectivity index (χ3n) is 4.45. The molecule has 2 aromatic heterocycles. The number of anilines is 1. The molecule has 0 aliphatic heterocycles. The predicted octanol–water partition coefficient (Wildman–Crippen LogP) is 3.72. The molecular formula is C21H25N5O. The minimum Gasteiger partial charge on any atom is -0.319 e. The number of benzene rings is 1. The molecule has 0 unspecified atom stereocenters. The maximum atomic E-state index is 12.3. The molecule has 0 bridgehead atoms. The molecule has 0 aliphatic carbocycles. The van der Waals surface area contributed by atoms with E-state index >= 15 is 0 Å². The van der Waals surface area contributed by atoms with Crippen molar-refractivity contribution in [3.63, 3.8) is 0 Å². The Balaban J connectivity index is 1.71. The van der Waals surface area contributed by atoms with Gasteiger partial charge in [0.05, 0.1) is 29.8 Å². The second-order valence-corrected chi connectivity index (χ2v) is 6.64. The summed E-state index contributed by atoms with van der Waals surface area (Å²) < 4.78 is 3.75. The van der Waals surface area contributed by atoms with E-state index in [1.54, 1.807) is 12.3 Å². The van der Waals surface area contributed by atoms with Crippen molar-refractivity contribution in [2.75, 3.05) is 5.32 Å². The average Bonchev–Trinajstić information content (AvgIpc) is 3.20. The Hall–Kier alpha value is -3.15. The summed E-state index contributed by atoms with van der Waals surface area (Å²) in [5.41, 5.74) is 5.82. The van der Waals surface area contributed by atoms with Gasteiger partial charge in [-0.3, -0.25) is 14.2 Å². The molecule has 3 aromatic rings. The van der Waals surface area contributed by atoms with E-state index in [1.807, 2.05) is 42.4 Å². The Morgan fingerprint density at radius 1 is 1.26 bits per heavy atom. The first-order chi connectivity index (χ1) is 13.0. The summed E-state index contributed by atoms with van der Waals surface area (Å²) in [7, 11) is 0. The summed E-state index contributed by atoms with van der Waals surface area (Å²) in [5.74, 6) is -0.180. The Kier molecular flexibility index (Phi) is 5.54. The minimum atomic E-state index is -0.180. The smallest absolute Gasteiger partial charge is 0.248 e. The number of nitrogens with zero attached hydrogens (tertiary/aromatic N) is 4. The van der Waals surface area contributed by atoms with Crippen LogP contribution in [0.4, 0.5) is 5.69 Å². The van der Waals surface area contributed by atoms with Gasteiger partial charge in [-0.25, -0.2) is 0 Å². The number of rotatable bonds is 6. The molecule has 0 spiro atoms. The summed E-state index contributed by atoms with van der Waals surface area (Å²) in [6.07, 6.45) is 6.92. The zero-order valence-corrected chi connectivity index (χ0v) is 16.2. The quantitative estimate of drug-likeness (QED) is 0.679. The second kappa shape index (κ2) is 8.03. The van der Waals surface area contributed by atoms with Crippen LogP contribution in [0, 0.1) is 20.8 Å². The molecule has 0 saturated heterocycles. The minimum absolute atomic E-state index is 0.180. The van der Waals surface area contributed by atoms with Gasteiger partial charge in [0.25, 0.3) is 0 Å². The van der Waals surface area contributed by atoms with E-state index < -0.39 is 0 Å². The maximum absolute atomic E-state index is 12.3. The zero-order valence-electron chi connectivity index (χ0n) is 16.2. The molecule has 0 fully saturated rings. The molecule has 27 heavy (non-hydrogen) atoms. The number of carbonyl (C=O) groups is 1. The van der Waals surface area contributed by atoms with Crippen molar-refractivity contribution in [2.45, 2.75) is 40.8 Å². The number of hydrogen-bond acceptors (Lipinski definition) is 3. The number of aromatic nitrogens is 4. The fraction of sp³-hybridized carbons (Fsp3) is 0.286. The summed E-state index contributed by atoms with van der Waals surface area (Å²) in [5, 5.41) is 11.7. The summed E-state index contributed by atoms with van der Waals surface area (Å²) in [6.45, 7) is 9.46. The van der Waals surface area contributed by atoms with Gasteiger partial charge in [-0.05, 0) is 39.3 Å². The number of hydrogen-bond donors (Lipinski definition) is 1. The molecule has 1 N–H and O–H groups in total. The maximum Gasteiger partial charge on any atom is 0.248 e. The lowest BCUT2D eigenvalue weighted by Gasteiger charge is -2.07. The predicted molar refractivity (Wildman–Crippen MR) is 108 cm³/mol. The first-order valence-corrected chi connectivity index (χ1v) is 9.07. The molecular weight excluding hydrogens is 338 g/mol. The van der Waals surface area contributed by atoms with Crippen molar-refractivity contribution in [3.8, 4) is 0 Å². The molecule has 2 heterocycles. The lowest BCUT2D eigenvalue weighted by molar-refractivity contribution is -0.111. The van der Waals surface area contributed by atoms with Gasteiger partial charge in [0.15, 0.2) is 0 Å². The van der Waals surface area contributed by atoms with Crippen molar-refractivity contribution < 1.29 is 4.79 Å². The number of carbonyl (C=O) groups excluding carboxylic acids is 1. The van der Waals surface area contributed by atoms with Crippen molar-refractivity contribution in [1.82, 2.24) is 19.6 Å². The van der Waals surface area contributed by atoms with Crippen LogP contribution < -0.4 is 5.32 Å². The van der Waals surface area contributed by atoms with Crippen LogP contribution in [0.3, 0.4) is 0 Å². The summed E-state index contributed by atoms with van der Waals surface area (Å²) in [4.78, 5) is 12.3. The fourth-order valence-corrected chi connectivity index (χ4v) is 2.99. The first-order valence-electron chi connectivity index (χ1n) is 9.07. The molecule has 0 saturated carbocycles. The third kappa shape index (κ3) is 4.53. The highest BCUT2D eigenvalue weighted by Gasteiger charge is 2.13. The van der Waals surface area contributed by atoms with E-state index in [9.17, 15) is 4.79 Å². The molecule has 1 amide bonds. The van der Waals surface area contributed by atoms with Gasteiger partial charge >= 0.3 is 0 Å². The molecule has 0 aliphatic rings. The van der Waals surface area contributed by atoms with E-state index in [-0.39, 0.29) is 5.91 Å². The van der Waals surface area contributed by atoms with Crippen LogP contribution >= 0.6 is 0 Å². The third-order valence-corrected chi connectivity index (χ3v) is 4.45. The van der Waals surface area contributed by atoms with Crippen LogP contribution in [0.5, 0.6) is 0 Å². The molecule has 1 aromatic carbocycles. The largest absolute Gasteiger partial charge is 0.319 e. The van der Waals surface area contributed by atoms with Gasteiger partial charge in [-0.2, -0.15) is 10.2 Å². The number of nitrogens with one attached hydrogen (secondary N) is 1. The highest BCUT2D eigenvalue weighted by molar-refractivity contribution is 6.02. The van der Waals surface area contributed by atoms with E-state index in [0.717, 1.165) is 29.2 Å². The van der Waals surface area contributed by atoms with Gasteiger partial charge in [-0.15, -0.1) is 0 Å². The highest BCUT2D eigenvalue weighted by atomic mass is 16.1. The molecule has 6 heteroatoms. The molecule has 0 atom stereocenters. The Morgan fingerprint density at radius 3 is 2.78 bits per heavy atom. The van der Waals surface area contributed by atoms with Gasteiger partial charge < -0.3 is 5.32 Å². The summed E-state index contributed by atoms with van der Waals surface area (Å²) in [6, 6.07) is 8.35. The van der Waals surface area contributed by atoms with E-state index in [0.29, 0.717) is 6.54 Å². The SMILES string of the molecule is CCn1cc(/C=C/C(=O)Nc2c(C)nn(Cc3cccc(C)c3)c2C)cn1. The van der Waals surface area contributed by atoms with Crippen LogP contribution in [0.1, 0.15) is 35.0 Å². The van der Waals surface area contributed by atoms with Gasteiger partial charge in [-0.1, -0.05) is 29.8 Å². The Morgan fingerprint density at radius 2 is 2.07 bits per heavy atom. The van der Waals surface area contributed by atoms with Crippen molar-refractivity contribution >= 4 is 17.7 Å². The molecule has 140 valence electrons. The zero-order chi connectivity index (χ0) is 19.4. The van der Waals surface area contributed by atoms with Crippen LogP contribution in [-0.4, -0.2) is 25.5 Å². The Labute approximate surface area is 159 Å². The van der Waals surface area contributed by atoms with E-state index in [4.69, 9.17) is 0 Å². The lowest BCUT2D eigenvalue weighted by atomic mass is 10.1. The van der Waals surface area contributed by atoms with Crippen LogP contribution in [0.15, 0.2) is 42.7 Å². The molecule has 3 rings (SSSR count). The highest BCUT2D eigenvalue weighted by Crippen LogP contribution is 2.21. The van der Waals surface area contributed by atoms with Crippen molar-refractivity contribution in [2.24, 2.45) is 0 Å². The van der Waals surface area contributed by atoms with Crippen LogP contribution in [0.25, 0.3) is 6.08 Å². The average molecular weight is 363 g/mol. The van der Waals surface area contributed by atoms with Crippen LogP contribution in [-0.2, 0) is 17.9 Å². The monoisotopic (exact) mass is 363 g/mol. The Bertz CT molecular complexity index is 980. The first kappa shape index (κ1) is 18.6. The van der Waals surface area contributed by atoms with Gasteiger partial charge in [0.2, 0.25) is 5.91 Å². The fourth-order valence-electron chi connectivity index (χ4n) is 2.99. The molecule has 0 radical (unpaired) electrons. The summed E-state index contributed by atoms with van der Waals surface area (Å²) >= 11 is 0. The topological polar surface area (TPSA) is 64.7 Å². The van der Waals surface area contributed by atoms with Crippen molar-refractivity contribution in [1.29, 1.82) is 0 Å². The van der Waals surface area contributed by atoms with Crippen molar-refractivity contribution in [3.05, 3.63) is 70.8 Å². The normalized spacial score (nSPS) is 11.3. The molecule has 6 nitrogen and oxygen atoms in total. The van der Waals surface area contributed by atoms with Gasteiger partial charge in [0.1, 0.15) is 0 Å². The lowest BCUT2D eigenvalue weighted by Crippen LogP contribution is -2.10. The van der Waals surface area contributed by atoms with Crippen LogP contribution in [0.2, 0.25) is 0 Å². The van der Waals surface area contributed by atoms with E-state index in [2.05, 4.69) is 40.6 Å². The van der Waals surface area contributed by atoms with Gasteiger partial charge in [0, 0.05) is 24.4 Å². The second-order valence-electron chi connectivity index (χ2n) is 6.64. The number of aryl methyl sites for hydroxylation is 3. The van der Waals surface area contributed by atoms with E-state index in [1.165, 1.54) is 17.2 Å². The standard InChI is InChI=1S/C21H25N5O/c1-5-25-13-19(12-22-25)9-10-20(27)23-21-16(3)24-26(17(21)4)14-18-8-6-7-15(2)11-18/h6-13H,5,14H2,1-4H3,(H,23,27)/b10-9+.